The van der Waals surface area contributed by atoms with Gasteiger partial charge >= 0.3 is 5.97 Å². The Morgan fingerprint density at radius 3 is 1.63 bits per heavy atom. The summed E-state index contributed by atoms with van der Waals surface area (Å²) in [4.78, 5) is 24.0. The van der Waals surface area contributed by atoms with Gasteiger partial charge in [-0.1, -0.05) is 27.7 Å². The van der Waals surface area contributed by atoms with Crippen LogP contribution in [0.25, 0.3) is 0 Å². The van der Waals surface area contributed by atoms with Gasteiger partial charge in [0.1, 0.15) is 4.91 Å². The second-order valence-corrected chi connectivity index (χ2v) is 8.10. The predicted octanol–water partition coefficient (Wildman–Crippen LogP) is 3.09. The normalized spacial score (nSPS) is 12.9. The highest BCUT2D eigenvalue weighted by Gasteiger charge is 2.24. The molecule has 2 N–H and O–H groups in total. The first-order valence-electron chi connectivity index (χ1n) is 6.26. The summed E-state index contributed by atoms with van der Waals surface area (Å²) in [6.45, 7) is 11.4. The van der Waals surface area contributed by atoms with Crippen molar-refractivity contribution in [1.82, 2.24) is 5.32 Å². The Hall–Kier alpha value is -0.620. The molecule has 0 aliphatic carbocycles. The van der Waals surface area contributed by atoms with Crippen molar-refractivity contribution >= 4 is 35.4 Å². The van der Waals surface area contributed by atoms with Gasteiger partial charge in [0.15, 0.2) is 0 Å². The van der Waals surface area contributed by atoms with Gasteiger partial charge in [0.2, 0.25) is 0 Å². The van der Waals surface area contributed by atoms with E-state index in [9.17, 15) is 14.7 Å². The van der Waals surface area contributed by atoms with Crippen LogP contribution in [0, 0.1) is 0 Å². The zero-order chi connectivity index (χ0) is 15.2. The third-order valence-corrected chi connectivity index (χ3v) is 4.05. The number of nitrogens with one attached hydrogen (secondary N) is 1. The van der Waals surface area contributed by atoms with Gasteiger partial charge in [0, 0.05) is 16.5 Å². The predicted molar refractivity (Wildman–Crippen MR) is 83.4 cm³/mol. The van der Waals surface area contributed by atoms with Crippen molar-refractivity contribution in [3.8, 4) is 0 Å². The molecule has 1 amide bonds. The molecule has 0 saturated heterocycles. The van der Waals surface area contributed by atoms with Gasteiger partial charge in [-0.2, -0.15) is 0 Å². The van der Waals surface area contributed by atoms with Crippen LogP contribution in [0.4, 0.5) is 0 Å². The molecule has 0 heterocycles. The van der Waals surface area contributed by atoms with Crippen molar-refractivity contribution in [3.63, 3.8) is 0 Å². The van der Waals surface area contributed by atoms with Crippen molar-refractivity contribution in [3.05, 3.63) is 9.81 Å². The van der Waals surface area contributed by atoms with Crippen LogP contribution in [-0.2, 0) is 9.59 Å². The first-order valence-corrected chi connectivity index (χ1v) is 8.02. The number of rotatable bonds is 7. The van der Waals surface area contributed by atoms with Crippen LogP contribution in [0.3, 0.4) is 0 Å². The van der Waals surface area contributed by atoms with E-state index >= 15 is 0 Å². The number of hydrogen-bond acceptors (Lipinski definition) is 4. The maximum atomic E-state index is 12.2. The molecular formula is C13H23NO3S2. The SMILES string of the molecule is CC(C)NC(=O)/C(SC(C)C)=C(/SC(C)C)C(=O)O. The van der Waals surface area contributed by atoms with Gasteiger partial charge in [-0.05, 0) is 13.8 Å². The Morgan fingerprint density at radius 1 is 0.895 bits per heavy atom. The largest absolute Gasteiger partial charge is 0.477 e. The number of carbonyl (C=O) groups is 2. The maximum Gasteiger partial charge on any atom is 0.343 e. The lowest BCUT2D eigenvalue weighted by Gasteiger charge is -2.16. The maximum absolute atomic E-state index is 12.2. The van der Waals surface area contributed by atoms with Gasteiger partial charge in [0.25, 0.3) is 5.91 Å². The average Bonchev–Trinajstić information content (AvgIpc) is 2.20. The summed E-state index contributed by atoms with van der Waals surface area (Å²) in [5.74, 6) is -1.35. The Labute approximate surface area is 123 Å². The second kappa shape index (κ2) is 8.53. The first-order chi connectivity index (χ1) is 8.65. The minimum Gasteiger partial charge on any atom is -0.477 e. The smallest absolute Gasteiger partial charge is 0.343 e. The molecule has 0 spiro atoms. The topological polar surface area (TPSA) is 66.4 Å². The Kier molecular flexibility index (Phi) is 8.25. The summed E-state index contributed by atoms with van der Waals surface area (Å²) >= 11 is 2.51. The Morgan fingerprint density at radius 2 is 1.32 bits per heavy atom. The van der Waals surface area contributed by atoms with E-state index in [1.54, 1.807) is 0 Å². The van der Waals surface area contributed by atoms with Crippen LogP contribution in [-0.4, -0.2) is 33.5 Å². The summed E-state index contributed by atoms with van der Waals surface area (Å²) < 4.78 is 0. The molecular weight excluding hydrogens is 282 g/mol. The van der Waals surface area contributed by atoms with E-state index in [1.165, 1.54) is 23.5 Å². The molecule has 0 unspecified atom stereocenters. The molecule has 110 valence electrons. The van der Waals surface area contributed by atoms with Crippen molar-refractivity contribution in [1.29, 1.82) is 0 Å². The van der Waals surface area contributed by atoms with Gasteiger partial charge in [-0.25, -0.2) is 4.79 Å². The highest BCUT2D eigenvalue weighted by atomic mass is 32.2. The lowest BCUT2D eigenvalue weighted by Crippen LogP contribution is -2.32. The average molecular weight is 305 g/mol. The van der Waals surface area contributed by atoms with E-state index in [0.29, 0.717) is 4.91 Å². The number of carboxylic acids is 1. The molecule has 4 nitrogen and oxygen atoms in total. The van der Waals surface area contributed by atoms with E-state index in [1.807, 2.05) is 41.5 Å². The van der Waals surface area contributed by atoms with E-state index in [2.05, 4.69) is 5.32 Å². The molecule has 0 atom stereocenters. The lowest BCUT2D eigenvalue weighted by atomic mass is 10.3. The first kappa shape index (κ1) is 18.4. The summed E-state index contributed by atoms with van der Waals surface area (Å²) in [6, 6.07) is -0.0191. The van der Waals surface area contributed by atoms with Crippen molar-refractivity contribution in [2.24, 2.45) is 0 Å². The van der Waals surface area contributed by atoms with Gasteiger partial charge in [0.05, 0.1) is 4.91 Å². The zero-order valence-electron chi connectivity index (χ0n) is 12.3. The number of carboxylic acid groups (broad SMARTS) is 1. The van der Waals surface area contributed by atoms with Gasteiger partial charge in [-0.15, -0.1) is 23.5 Å². The fourth-order valence-electron chi connectivity index (χ4n) is 1.21. The number of thioether (sulfide) groups is 2. The highest BCUT2D eigenvalue weighted by molar-refractivity contribution is 8.08. The molecule has 0 aliphatic rings. The van der Waals surface area contributed by atoms with Crippen LogP contribution >= 0.6 is 23.5 Å². The molecule has 0 bridgehead atoms. The molecule has 0 aromatic rings. The highest BCUT2D eigenvalue weighted by Crippen LogP contribution is 2.33. The van der Waals surface area contributed by atoms with E-state index in [0.717, 1.165) is 0 Å². The number of carbonyl (C=O) groups excluding carboxylic acids is 1. The third-order valence-electron chi connectivity index (χ3n) is 1.73. The molecule has 0 aliphatic heterocycles. The Bertz CT molecular complexity index is 363. The summed E-state index contributed by atoms with van der Waals surface area (Å²) in [6.07, 6.45) is 0. The molecule has 0 aromatic carbocycles. The van der Waals surface area contributed by atoms with Crippen LogP contribution in [0.5, 0.6) is 0 Å². The van der Waals surface area contributed by atoms with Crippen molar-refractivity contribution < 1.29 is 14.7 Å². The lowest BCUT2D eigenvalue weighted by molar-refractivity contribution is -0.132. The second-order valence-electron chi connectivity index (χ2n) is 4.92. The van der Waals surface area contributed by atoms with Crippen LogP contribution in [0.2, 0.25) is 0 Å². The fraction of sp³-hybridized carbons (Fsp3) is 0.692. The standard InChI is InChI=1S/C13H23NO3S2/c1-7(2)14-12(15)10(18-8(3)4)11(13(16)17)19-9(5)6/h7-9H,1-6H3,(H,14,15)(H,16,17)/b11-10-. The van der Waals surface area contributed by atoms with E-state index in [-0.39, 0.29) is 27.4 Å². The molecule has 0 aromatic heterocycles. The number of hydrogen-bond donors (Lipinski definition) is 2. The quantitative estimate of drug-likeness (QED) is 0.708. The molecule has 0 radical (unpaired) electrons. The molecule has 6 heteroatoms. The molecule has 0 fully saturated rings. The van der Waals surface area contributed by atoms with Gasteiger partial charge in [-0.3, -0.25) is 4.79 Å². The monoisotopic (exact) mass is 305 g/mol. The van der Waals surface area contributed by atoms with Gasteiger partial charge < -0.3 is 10.4 Å². The van der Waals surface area contributed by atoms with Crippen LogP contribution < -0.4 is 5.32 Å². The minimum absolute atomic E-state index is 0.0191. The van der Waals surface area contributed by atoms with E-state index < -0.39 is 5.97 Å². The van der Waals surface area contributed by atoms with Crippen molar-refractivity contribution in [2.45, 2.75) is 58.1 Å². The van der Waals surface area contributed by atoms with Crippen LogP contribution in [0.1, 0.15) is 41.5 Å². The van der Waals surface area contributed by atoms with Crippen LogP contribution in [0.15, 0.2) is 9.81 Å². The van der Waals surface area contributed by atoms with Crippen molar-refractivity contribution in [2.75, 3.05) is 0 Å². The zero-order valence-corrected chi connectivity index (χ0v) is 13.9. The summed E-state index contributed by atoms with van der Waals surface area (Å²) in [7, 11) is 0. The number of aliphatic carboxylic acids is 1. The fourth-order valence-corrected chi connectivity index (χ4v) is 3.10. The minimum atomic E-state index is -1.04. The summed E-state index contributed by atoms with van der Waals surface area (Å²) in [5.41, 5.74) is 0. The molecule has 0 rings (SSSR count). The number of amides is 1. The molecule has 19 heavy (non-hydrogen) atoms. The third kappa shape index (κ3) is 7.52. The Balaban J connectivity index is 5.46. The van der Waals surface area contributed by atoms with E-state index in [4.69, 9.17) is 0 Å². The summed E-state index contributed by atoms with van der Waals surface area (Å²) in [5, 5.41) is 12.3. The molecule has 0 saturated carbocycles.